The number of carbonyl (C=O) groups is 2. The molecule has 3 unspecified atom stereocenters. The zero-order chi connectivity index (χ0) is 19.3. The molecule has 0 saturated heterocycles. The van der Waals surface area contributed by atoms with Crippen molar-refractivity contribution in [1.29, 1.82) is 0 Å². The number of hydrogen-bond donors (Lipinski definition) is 5. The van der Waals surface area contributed by atoms with Crippen molar-refractivity contribution in [2.45, 2.75) is 41.7 Å². The van der Waals surface area contributed by atoms with Crippen molar-refractivity contribution < 1.29 is 28.2 Å². The van der Waals surface area contributed by atoms with Crippen molar-refractivity contribution in [3.05, 3.63) is 29.2 Å². The molecule has 11 heteroatoms. The van der Waals surface area contributed by atoms with Gasteiger partial charge in [0.25, 0.3) is 10.0 Å². The van der Waals surface area contributed by atoms with Gasteiger partial charge in [0.05, 0.1) is 12.1 Å². The van der Waals surface area contributed by atoms with Crippen LogP contribution in [0.15, 0.2) is 33.4 Å². The molecule has 0 fully saturated rings. The summed E-state index contributed by atoms with van der Waals surface area (Å²) in [7, 11) is -3.88. The molecule has 0 saturated carbocycles. The Morgan fingerprint density at radius 3 is 2.69 bits per heavy atom. The van der Waals surface area contributed by atoms with Crippen molar-refractivity contribution in [3.8, 4) is 0 Å². The van der Waals surface area contributed by atoms with E-state index in [9.17, 15) is 28.2 Å². The Bertz CT molecular complexity index is 775. The maximum Gasteiger partial charge on any atom is 0.250 e. The fourth-order valence-electron chi connectivity index (χ4n) is 2.47. The molecule has 1 aromatic heterocycles. The minimum absolute atomic E-state index is 0.0654. The second-order valence-corrected chi connectivity index (χ2v) is 8.75. The molecule has 26 heavy (non-hydrogen) atoms. The van der Waals surface area contributed by atoms with Gasteiger partial charge in [-0.1, -0.05) is 12.1 Å². The number of nitrogens with two attached hydrogens (primary N) is 1. The van der Waals surface area contributed by atoms with Crippen LogP contribution in [0, 0.1) is 0 Å². The van der Waals surface area contributed by atoms with E-state index in [1.54, 1.807) is 11.4 Å². The molecule has 6 N–H and O–H groups in total. The van der Waals surface area contributed by atoms with Gasteiger partial charge in [0.2, 0.25) is 11.8 Å². The Hall–Kier alpha value is -1.79. The minimum atomic E-state index is -3.88. The summed E-state index contributed by atoms with van der Waals surface area (Å²) in [6.45, 7) is 0.212. The van der Waals surface area contributed by atoms with Crippen LogP contribution in [0.1, 0.15) is 19.3 Å². The minimum Gasteiger partial charge on any atom is -0.390 e. The van der Waals surface area contributed by atoms with Crippen molar-refractivity contribution in [1.82, 2.24) is 10.0 Å². The highest BCUT2D eigenvalue weighted by atomic mass is 32.2. The van der Waals surface area contributed by atoms with Crippen molar-refractivity contribution >= 4 is 33.2 Å². The molecule has 1 heterocycles. The fourth-order valence-corrected chi connectivity index (χ4v) is 4.68. The third-order valence-electron chi connectivity index (χ3n) is 3.80. The van der Waals surface area contributed by atoms with Gasteiger partial charge in [-0.25, -0.2) is 13.1 Å². The molecule has 144 valence electrons. The number of rotatable bonds is 8. The molecule has 0 aromatic carbocycles. The van der Waals surface area contributed by atoms with Crippen LogP contribution >= 0.6 is 11.3 Å². The van der Waals surface area contributed by atoms with Crippen LogP contribution in [0.4, 0.5) is 0 Å². The first-order valence-electron chi connectivity index (χ1n) is 7.90. The average molecular weight is 403 g/mol. The summed E-state index contributed by atoms with van der Waals surface area (Å²) in [5, 5.41) is 24.2. The summed E-state index contributed by atoms with van der Waals surface area (Å²) in [6.07, 6.45) is -0.984. The van der Waals surface area contributed by atoms with E-state index in [4.69, 9.17) is 5.73 Å². The second kappa shape index (κ2) is 8.73. The fraction of sp³-hybridized carbons (Fsp3) is 0.467. The Morgan fingerprint density at radius 1 is 1.35 bits per heavy atom. The first kappa shape index (κ1) is 20.5. The van der Waals surface area contributed by atoms with Gasteiger partial charge in [-0.3, -0.25) is 9.59 Å². The number of carbonyl (C=O) groups excluding carboxylic acids is 2. The number of thiophene rings is 1. The van der Waals surface area contributed by atoms with Gasteiger partial charge in [0, 0.05) is 25.0 Å². The van der Waals surface area contributed by atoms with Gasteiger partial charge in [-0.2, -0.15) is 0 Å². The van der Waals surface area contributed by atoms with Gasteiger partial charge in [-0.05, 0) is 17.9 Å². The summed E-state index contributed by atoms with van der Waals surface area (Å²) in [4.78, 5) is 22.8. The van der Waals surface area contributed by atoms with Crippen LogP contribution in [0.5, 0.6) is 0 Å². The van der Waals surface area contributed by atoms with Gasteiger partial charge in [0.15, 0.2) is 0 Å². The number of amides is 2. The van der Waals surface area contributed by atoms with Crippen LogP contribution in [0.3, 0.4) is 0 Å². The highest BCUT2D eigenvalue weighted by molar-refractivity contribution is 7.91. The lowest BCUT2D eigenvalue weighted by molar-refractivity contribution is -0.120. The lowest BCUT2D eigenvalue weighted by Crippen LogP contribution is -2.50. The lowest BCUT2D eigenvalue weighted by Gasteiger charge is -2.30. The smallest absolute Gasteiger partial charge is 0.250 e. The number of aliphatic hydroxyl groups excluding tert-OH is 2. The number of nitrogens with one attached hydrogen (secondary N) is 2. The van der Waals surface area contributed by atoms with E-state index in [1.807, 2.05) is 0 Å². The Morgan fingerprint density at radius 2 is 2.08 bits per heavy atom. The van der Waals surface area contributed by atoms with Crippen LogP contribution in [-0.2, 0) is 19.6 Å². The largest absolute Gasteiger partial charge is 0.390 e. The summed E-state index contributed by atoms with van der Waals surface area (Å²) in [5.41, 5.74) is 5.17. The molecule has 1 aromatic rings. The third-order valence-corrected chi connectivity index (χ3v) is 6.66. The number of sulfonamides is 1. The van der Waals surface area contributed by atoms with E-state index in [-0.39, 0.29) is 29.2 Å². The van der Waals surface area contributed by atoms with Crippen molar-refractivity contribution in [2.24, 2.45) is 5.73 Å². The maximum absolute atomic E-state index is 12.3. The van der Waals surface area contributed by atoms with Crippen LogP contribution in [0.25, 0.3) is 0 Å². The van der Waals surface area contributed by atoms with E-state index in [1.165, 1.54) is 12.1 Å². The van der Waals surface area contributed by atoms with Gasteiger partial charge < -0.3 is 21.3 Å². The average Bonchev–Trinajstić information content (AvgIpc) is 3.10. The number of aliphatic hydroxyl groups is 2. The highest BCUT2D eigenvalue weighted by Gasteiger charge is 2.35. The third kappa shape index (κ3) is 5.35. The molecular formula is C15H21N3O6S2. The molecule has 9 nitrogen and oxygen atoms in total. The molecule has 0 radical (unpaired) electrons. The monoisotopic (exact) mass is 403 g/mol. The summed E-state index contributed by atoms with van der Waals surface area (Å²) >= 11 is 1.01. The second-order valence-electron chi connectivity index (χ2n) is 5.86. The normalized spacial score (nSPS) is 23.3. The quantitative estimate of drug-likeness (QED) is 0.344. The molecular weight excluding hydrogens is 382 g/mol. The Kier molecular flexibility index (Phi) is 6.89. The first-order chi connectivity index (χ1) is 12.2. The molecule has 0 spiro atoms. The Labute approximate surface area is 155 Å². The lowest BCUT2D eigenvalue weighted by atomic mass is 9.90. The summed E-state index contributed by atoms with van der Waals surface area (Å²) in [6, 6.07) is 1.85. The molecule has 1 aliphatic rings. The SMILES string of the molecule is NC(=O)CCCNC(=O)C1=CC(NS(=O)(=O)c2cccs2)C(O)C(O)C1. The summed E-state index contributed by atoms with van der Waals surface area (Å²) in [5.74, 6) is -0.974. The molecule has 2 rings (SSSR count). The van der Waals surface area contributed by atoms with Gasteiger partial charge >= 0.3 is 0 Å². The maximum atomic E-state index is 12.3. The van der Waals surface area contributed by atoms with E-state index >= 15 is 0 Å². The standard InChI is InChI=1S/C15H21N3O6S2/c16-12(20)3-1-5-17-15(22)9-7-10(14(21)11(19)8-9)18-26(23,24)13-4-2-6-25-13/h2,4,6-7,10-11,14,18-19,21H,1,3,5,8H2,(H2,16,20)(H,17,22). The predicted molar refractivity (Wildman–Crippen MR) is 94.6 cm³/mol. The van der Waals surface area contributed by atoms with Gasteiger partial charge in [-0.15, -0.1) is 11.3 Å². The predicted octanol–water partition coefficient (Wildman–Crippen LogP) is -1.17. The number of primary amides is 1. The van der Waals surface area contributed by atoms with Crippen molar-refractivity contribution in [2.75, 3.05) is 6.54 Å². The van der Waals surface area contributed by atoms with Crippen LogP contribution < -0.4 is 15.8 Å². The van der Waals surface area contributed by atoms with E-state index in [0.717, 1.165) is 11.3 Å². The van der Waals surface area contributed by atoms with Crippen molar-refractivity contribution in [3.63, 3.8) is 0 Å². The first-order valence-corrected chi connectivity index (χ1v) is 10.3. The number of hydrogen-bond acceptors (Lipinski definition) is 7. The summed E-state index contributed by atoms with van der Waals surface area (Å²) < 4.78 is 27.0. The van der Waals surface area contributed by atoms with Crippen LogP contribution in [-0.4, -0.2) is 55.2 Å². The highest BCUT2D eigenvalue weighted by Crippen LogP contribution is 2.23. The topological polar surface area (TPSA) is 159 Å². The molecule has 2 amide bonds. The van der Waals surface area contributed by atoms with E-state index in [0.29, 0.717) is 6.42 Å². The zero-order valence-corrected chi connectivity index (χ0v) is 15.4. The van der Waals surface area contributed by atoms with E-state index < -0.39 is 40.1 Å². The van der Waals surface area contributed by atoms with Gasteiger partial charge in [0.1, 0.15) is 10.3 Å². The van der Waals surface area contributed by atoms with Crippen LogP contribution in [0.2, 0.25) is 0 Å². The Balaban J connectivity index is 2.07. The molecule has 0 aliphatic heterocycles. The van der Waals surface area contributed by atoms with E-state index in [2.05, 4.69) is 10.0 Å². The molecule has 0 bridgehead atoms. The molecule has 3 atom stereocenters. The molecule has 1 aliphatic carbocycles. The zero-order valence-electron chi connectivity index (χ0n) is 13.8.